The number of carboxylic acids is 1. The molecule has 4 aliphatic rings. The van der Waals surface area contributed by atoms with Gasteiger partial charge in [-0.05, 0) is 96.5 Å². The van der Waals surface area contributed by atoms with Crippen LogP contribution < -0.4 is 23.8 Å². The van der Waals surface area contributed by atoms with Gasteiger partial charge in [0, 0.05) is 42.4 Å². The minimum absolute atomic E-state index is 0.00280. The van der Waals surface area contributed by atoms with E-state index in [0.717, 1.165) is 48.2 Å². The minimum atomic E-state index is -1.10. The van der Waals surface area contributed by atoms with E-state index in [9.17, 15) is 19.5 Å². The number of hydrogen-bond acceptors (Lipinski definition) is 9. The first kappa shape index (κ1) is 36.3. The molecule has 12 heteroatoms. The number of carbonyl (C=O) groups excluding carboxylic acids is 2. The van der Waals surface area contributed by atoms with Gasteiger partial charge in [-0.3, -0.25) is 24.5 Å². The van der Waals surface area contributed by atoms with Gasteiger partial charge in [0.25, 0.3) is 5.91 Å². The predicted molar refractivity (Wildman–Crippen MR) is 212 cm³/mol. The third kappa shape index (κ3) is 6.89. The Kier molecular flexibility index (Phi) is 9.86. The number of para-hydroxylation sites is 1. The summed E-state index contributed by atoms with van der Waals surface area (Å²) in [5.74, 6) is 0.358. The molecule has 2 amide bonds. The van der Waals surface area contributed by atoms with Crippen molar-refractivity contribution in [2.75, 3.05) is 19.1 Å². The molecule has 3 aliphatic heterocycles. The monoisotopic (exact) mass is 752 g/mol. The van der Waals surface area contributed by atoms with Gasteiger partial charge in [-0.25, -0.2) is 4.79 Å². The van der Waals surface area contributed by atoms with E-state index in [1.165, 1.54) is 12.7 Å². The zero-order valence-electron chi connectivity index (χ0n) is 31.2. The lowest BCUT2D eigenvalue weighted by Gasteiger charge is -2.22. The van der Waals surface area contributed by atoms with E-state index >= 15 is 0 Å². The number of amides is 2. The summed E-state index contributed by atoms with van der Waals surface area (Å²) in [6, 6.07) is 19.3. The Morgan fingerprint density at radius 2 is 1.68 bits per heavy atom. The van der Waals surface area contributed by atoms with Crippen LogP contribution in [0.3, 0.4) is 0 Å². The summed E-state index contributed by atoms with van der Waals surface area (Å²) in [5, 5.41) is 9.98. The van der Waals surface area contributed by atoms with Gasteiger partial charge >= 0.3 is 5.97 Å². The van der Waals surface area contributed by atoms with Crippen molar-refractivity contribution in [3.8, 4) is 23.0 Å². The standard InChI is InChI=1S/C44H40N4O8/c1-26-12-39(53-2)41(19-35(26)45-21-32-16-29-8-4-6-10-37(29)47(32)25-49)55-23-27-13-28(15-31(14-27)44(51)52)24-56-42-20-36-34(18-40(42)54-3)43(50)48-33(22-46-36)17-30-9-5-7-11-38(30)48/h5-7,9-15,18-22,25,32-33H,4,8,16-17,23-24H2,1-3H3,(H,51,52)/t32-,33?/m0/s1. The molecule has 0 bridgehead atoms. The zero-order valence-corrected chi connectivity index (χ0v) is 31.2. The van der Waals surface area contributed by atoms with Gasteiger partial charge in [-0.2, -0.15) is 0 Å². The number of hydrogen-bond donors (Lipinski definition) is 1. The fourth-order valence-electron chi connectivity index (χ4n) is 7.75. The molecule has 1 aliphatic carbocycles. The molecule has 8 rings (SSSR count). The quantitative estimate of drug-likeness (QED) is 0.115. The smallest absolute Gasteiger partial charge is 0.335 e. The first-order valence-electron chi connectivity index (χ1n) is 18.4. The molecule has 4 aromatic carbocycles. The van der Waals surface area contributed by atoms with Crippen molar-refractivity contribution in [2.45, 2.75) is 57.9 Å². The second-order valence-electron chi connectivity index (χ2n) is 14.1. The summed E-state index contributed by atoms with van der Waals surface area (Å²) >= 11 is 0. The lowest BCUT2D eigenvalue weighted by Crippen LogP contribution is -2.37. The number of aromatic carboxylic acids is 1. The van der Waals surface area contributed by atoms with Crippen LogP contribution in [0.15, 0.2) is 100 Å². The second kappa shape index (κ2) is 15.2. The van der Waals surface area contributed by atoms with Crippen LogP contribution in [0.1, 0.15) is 62.2 Å². The number of carboxylic acid groups (broad SMARTS) is 1. The molecule has 3 heterocycles. The summed E-state index contributed by atoms with van der Waals surface area (Å²) in [6.07, 6.45) is 11.9. The van der Waals surface area contributed by atoms with Gasteiger partial charge < -0.3 is 29.0 Å². The van der Waals surface area contributed by atoms with Crippen LogP contribution in [0.4, 0.5) is 17.1 Å². The highest BCUT2D eigenvalue weighted by molar-refractivity contribution is 6.14. The number of rotatable bonds is 12. The summed E-state index contributed by atoms with van der Waals surface area (Å²) < 4.78 is 23.7. The van der Waals surface area contributed by atoms with Crippen LogP contribution in [0, 0.1) is 6.92 Å². The summed E-state index contributed by atoms with van der Waals surface area (Å²) in [4.78, 5) is 50.9. The fraction of sp³-hybridized carbons (Fsp3) is 0.250. The molecule has 0 fully saturated rings. The zero-order chi connectivity index (χ0) is 38.9. The van der Waals surface area contributed by atoms with E-state index in [1.54, 1.807) is 59.7 Å². The van der Waals surface area contributed by atoms with Crippen molar-refractivity contribution in [2.24, 2.45) is 9.98 Å². The van der Waals surface area contributed by atoms with E-state index in [0.29, 0.717) is 57.5 Å². The molecular formula is C44H40N4O8. The van der Waals surface area contributed by atoms with Crippen molar-refractivity contribution in [1.82, 2.24) is 4.90 Å². The molecule has 0 radical (unpaired) electrons. The van der Waals surface area contributed by atoms with Crippen LogP contribution >= 0.6 is 0 Å². The number of aryl methyl sites for hydroxylation is 1. The Morgan fingerprint density at radius 3 is 2.41 bits per heavy atom. The van der Waals surface area contributed by atoms with E-state index in [1.807, 2.05) is 49.4 Å². The van der Waals surface area contributed by atoms with E-state index in [4.69, 9.17) is 23.9 Å². The molecule has 1 N–H and O–H groups in total. The lowest BCUT2D eigenvalue weighted by atomic mass is 10.0. The highest BCUT2D eigenvalue weighted by Gasteiger charge is 2.36. The number of ether oxygens (including phenoxy) is 4. The van der Waals surface area contributed by atoms with Gasteiger partial charge in [-0.1, -0.05) is 24.3 Å². The Bertz CT molecular complexity index is 2380. The SMILES string of the molecule is COc1cc(C)c(N=C[C@@H]2CC3=C(C=CCC3)N2C=O)cc1OCc1cc(COc2cc3c(cc2OC)C(=O)N2c4ccccc4CC2C=N3)cc(C(=O)O)c1. The van der Waals surface area contributed by atoms with Crippen LogP contribution in [-0.2, 0) is 24.4 Å². The summed E-state index contributed by atoms with van der Waals surface area (Å²) in [6.45, 7) is 1.95. The van der Waals surface area contributed by atoms with Gasteiger partial charge in [0.15, 0.2) is 23.0 Å². The minimum Gasteiger partial charge on any atom is -0.493 e. The van der Waals surface area contributed by atoms with Crippen molar-refractivity contribution >= 4 is 47.8 Å². The normalized spacial score (nSPS) is 18.0. The molecule has 0 saturated heterocycles. The third-order valence-corrected chi connectivity index (χ3v) is 10.5. The van der Waals surface area contributed by atoms with Crippen molar-refractivity contribution in [3.63, 3.8) is 0 Å². The average molecular weight is 753 g/mol. The number of nitrogens with zero attached hydrogens (tertiary/aromatic N) is 4. The molecule has 2 atom stereocenters. The summed E-state index contributed by atoms with van der Waals surface area (Å²) in [7, 11) is 3.05. The van der Waals surface area contributed by atoms with Crippen LogP contribution in [0.25, 0.3) is 0 Å². The van der Waals surface area contributed by atoms with Gasteiger partial charge in [0.2, 0.25) is 6.41 Å². The number of aliphatic imine (C=N–C) groups is 2. The first-order chi connectivity index (χ1) is 27.2. The highest BCUT2D eigenvalue weighted by atomic mass is 16.5. The largest absolute Gasteiger partial charge is 0.493 e. The Morgan fingerprint density at radius 1 is 0.946 bits per heavy atom. The Labute approximate surface area is 324 Å². The molecule has 1 unspecified atom stereocenters. The fourth-order valence-corrected chi connectivity index (χ4v) is 7.75. The van der Waals surface area contributed by atoms with Crippen LogP contribution in [0.2, 0.25) is 0 Å². The van der Waals surface area contributed by atoms with Gasteiger partial charge in [0.1, 0.15) is 13.2 Å². The summed E-state index contributed by atoms with van der Waals surface area (Å²) in [5.41, 5.74) is 7.80. The second-order valence-corrected chi connectivity index (χ2v) is 14.1. The maximum absolute atomic E-state index is 13.8. The number of fused-ring (bicyclic) bond motifs is 4. The van der Waals surface area contributed by atoms with Crippen LogP contribution in [0.5, 0.6) is 23.0 Å². The number of carbonyl (C=O) groups is 3. The first-order valence-corrected chi connectivity index (χ1v) is 18.4. The Hall–Kier alpha value is -6.69. The lowest BCUT2D eigenvalue weighted by molar-refractivity contribution is -0.116. The molecule has 0 aromatic heterocycles. The van der Waals surface area contributed by atoms with Gasteiger partial charge in [-0.15, -0.1) is 0 Å². The molecule has 4 aromatic rings. The average Bonchev–Trinajstić information content (AvgIpc) is 3.74. The Balaban J connectivity index is 0.997. The molecular weight excluding hydrogens is 713 g/mol. The number of methoxy groups -OCH3 is 2. The van der Waals surface area contributed by atoms with Crippen LogP contribution in [-0.4, -0.2) is 67.0 Å². The van der Waals surface area contributed by atoms with E-state index < -0.39 is 5.97 Å². The molecule has 56 heavy (non-hydrogen) atoms. The molecule has 0 saturated carbocycles. The van der Waals surface area contributed by atoms with Gasteiger partial charge in [0.05, 0.1) is 48.8 Å². The maximum atomic E-state index is 13.8. The predicted octanol–water partition coefficient (Wildman–Crippen LogP) is 7.69. The number of anilines is 1. The molecule has 284 valence electrons. The molecule has 0 spiro atoms. The number of benzene rings is 4. The molecule has 12 nitrogen and oxygen atoms in total. The topological polar surface area (TPSA) is 140 Å². The third-order valence-electron chi connectivity index (χ3n) is 10.5. The van der Waals surface area contributed by atoms with Crippen molar-refractivity contribution < 1.29 is 38.4 Å². The van der Waals surface area contributed by atoms with Crippen molar-refractivity contribution in [1.29, 1.82) is 0 Å². The van der Waals surface area contributed by atoms with Crippen molar-refractivity contribution in [3.05, 3.63) is 124 Å². The maximum Gasteiger partial charge on any atom is 0.335 e. The van der Waals surface area contributed by atoms with E-state index in [2.05, 4.69) is 11.1 Å². The number of allylic oxidation sites excluding steroid dienone is 2. The highest BCUT2D eigenvalue weighted by Crippen LogP contribution is 2.42. The van der Waals surface area contributed by atoms with E-state index in [-0.39, 0.29) is 36.8 Å².